The van der Waals surface area contributed by atoms with Crippen LogP contribution in [0.25, 0.3) is 0 Å². The molecule has 1 heterocycles. The summed E-state index contributed by atoms with van der Waals surface area (Å²) in [6.45, 7) is 12.1. The molecule has 0 saturated heterocycles. The molecule has 1 rings (SSSR count). The first-order valence-electron chi connectivity index (χ1n) is 8.27. The van der Waals surface area contributed by atoms with Crippen LogP contribution in [0.1, 0.15) is 69.4 Å². The number of nitrogens with one attached hydrogen (secondary N) is 1. The number of nitrogens with zero attached hydrogens (tertiary/aromatic N) is 2. The van der Waals surface area contributed by atoms with Gasteiger partial charge in [0.25, 0.3) is 5.91 Å². The number of aromatic nitrogens is 1. The maximum atomic E-state index is 12.5. The van der Waals surface area contributed by atoms with Crippen LogP contribution in [0.4, 0.5) is 0 Å². The third-order valence-electron chi connectivity index (χ3n) is 3.17. The van der Waals surface area contributed by atoms with Gasteiger partial charge in [0.05, 0.1) is 6.54 Å². The van der Waals surface area contributed by atoms with Crippen LogP contribution in [-0.4, -0.2) is 34.8 Å². The molecule has 0 aliphatic heterocycles. The van der Waals surface area contributed by atoms with Gasteiger partial charge in [-0.15, -0.1) is 11.3 Å². The van der Waals surface area contributed by atoms with Crippen LogP contribution >= 0.6 is 11.3 Å². The highest BCUT2D eigenvalue weighted by Crippen LogP contribution is 2.21. The molecule has 130 valence electrons. The van der Waals surface area contributed by atoms with Crippen LogP contribution in [0.2, 0.25) is 0 Å². The van der Waals surface area contributed by atoms with Gasteiger partial charge in [-0.3, -0.25) is 9.59 Å². The molecule has 1 aromatic heterocycles. The second-order valence-electron chi connectivity index (χ2n) is 6.94. The molecule has 23 heavy (non-hydrogen) atoms. The number of amides is 2. The van der Waals surface area contributed by atoms with E-state index in [9.17, 15) is 9.59 Å². The number of hydrogen-bond donors (Lipinski definition) is 1. The number of carbonyl (C=O) groups is 2. The molecule has 2 amide bonds. The first kappa shape index (κ1) is 19.6. The van der Waals surface area contributed by atoms with Crippen LogP contribution < -0.4 is 5.32 Å². The van der Waals surface area contributed by atoms with Gasteiger partial charge in [-0.2, -0.15) is 0 Å². The average molecular weight is 340 g/mol. The Kier molecular flexibility index (Phi) is 7.68. The normalized spacial score (nSPS) is 11.3. The Hall–Kier alpha value is -1.43. The fourth-order valence-electron chi connectivity index (χ4n) is 2.11. The highest BCUT2D eigenvalue weighted by Gasteiger charge is 2.22. The van der Waals surface area contributed by atoms with Gasteiger partial charge < -0.3 is 10.2 Å². The van der Waals surface area contributed by atoms with Crippen LogP contribution in [0.5, 0.6) is 0 Å². The highest BCUT2D eigenvalue weighted by molar-refractivity contribution is 7.09. The van der Waals surface area contributed by atoms with Gasteiger partial charge in [-0.05, 0) is 18.3 Å². The minimum Gasteiger partial charge on any atom is -0.351 e. The molecule has 0 atom stereocenters. The number of carbonyl (C=O) groups excluding carboxylic acids is 2. The lowest BCUT2D eigenvalue weighted by atomic mass is 9.91. The van der Waals surface area contributed by atoms with E-state index in [0.717, 1.165) is 17.8 Å². The van der Waals surface area contributed by atoms with Gasteiger partial charge in [0.1, 0.15) is 10.7 Å². The fraction of sp³-hybridized carbons (Fsp3) is 0.706. The van der Waals surface area contributed by atoms with E-state index in [1.165, 1.54) is 11.3 Å². The molecule has 0 fully saturated rings. The van der Waals surface area contributed by atoms with Gasteiger partial charge >= 0.3 is 0 Å². The summed E-state index contributed by atoms with van der Waals surface area (Å²) in [5.74, 6) is 0.00365. The highest BCUT2D eigenvalue weighted by atomic mass is 32.1. The Morgan fingerprint density at radius 2 is 1.96 bits per heavy atom. The second kappa shape index (κ2) is 9.01. The third-order valence-corrected chi connectivity index (χ3v) is 4.01. The molecule has 6 heteroatoms. The quantitative estimate of drug-likeness (QED) is 0.789. The van der Waals surface area contributed by atoms with E-state index in [1.54, 1.807) is 5.38 Å². The predicted molar refractivity (Wildman–Crippen MR) is 94.5 cm³/mol. The molecule has 0 aliphatic carbocycles. The maximum absolute atomic E-state index is 12.5. The summed E-state index contributed by atoms with van der Waals surface area (Å²) in [7, 11) is 0. The van der Waals surface area contributed by atoms with Crippen molar-refractivity contribution in [2.45, 2.75) is 60.4 Å². The molecule has 0 aliphatic rings. The van der Waals surface area contributed by atoms with Crippen LogP contribution in [-0.2, 0) is 11.3 Å². The van der Waals surface area contributed by atoms with Crippen molar-refractivity contribution in [3.05, 3.63) is 16.1 Å². The summed E-state index contributed by atoms with van der Waals surface area (Å²) in [6.07, 6.45) is 2.32. The molecule has 0 unspecified atom stereocenters. The molecule has 1 N–H and O–H groups in total. The zero-order chi connectivity index (χ0) is 17.5. The Labute approximate surface area is 143 Å². The van der Waals surface area contributed by atoms with Crippen molar-refractivity contribution in [2.75, 3.05) is 13.1 Å². The largest absolute Gasteiger partial charge is 0.351 e. The lowest BCUT2D eigenvalue weighted by Gasteiger charge is -2.25. The molecule has 0 bridgehead atoms. The maximum Gasteiger partial charge on any atom is 0.270 e. The summed E-state index contributed by atoms with van der Waals surface area (Å²) < 4.78 is 0. The molecular formula is C17H29N3O2S. The number of thiazole rings is 1. The molecule has 1 aromatic rings. The van der Waals surface area contributed by atoms with E-state index in [4.69, 9.17) is 0 Å². The molecule has 0 aromatic carbocycles. The smallest absolute Gasteiger partial charge is 0.270 e. The Bertz CT molecular complexity index is 520. The SMILES string of the molecule is CCCNC(=O)c1csc(CN(CCC)C(=O)CC(C)(C)C)n1. The van der Waals surface area contributed by atoms with Crippen molar-refractivity contribution in [1.82, 2.24) is 15.2 Å². The van der Waals surface area contributed by atoms with Gasteiger partial charge in [-0.25, -0.2) is 4.98 Å². The standard InChI is InChI=1S/C17H29N3O2S/c1-6-8-18-16(22)13-12-23-14(19-13)11-20(9-7-2)15(21)10-17(3,4)5/h12H,6-11H2,1-5H3,(H,18,22). The average Bonchev–Trinajstić information content (AvgIpc) is 2.91. The summed E-state index contributed by atoms with van der Waals surface area (Å²) >= 11 is 1.44. The monoisotopic (exact) mass is 339 g/mol. The zero-order valence-corrected chi connectivity index (χ0v) is 15.8. The molecule has 0 radical (unpaired) electrons. The second-order valence-corrected chi connectivity index (χ2v) is 7.88. The zero-order valence-electron chi connectivity index (χ0n) is 14.9. The van der Waals surface area contributed by atoms with Crippen molar-refractivity contribution in [3.63, 3.8) is 0 Å². The van der Waals surface area contributed by atoms with Crippen molar-refractivity contribution < 1.29 is 9.59 Å². The molecule has 0 spiro atoms. The summed E-state index contributed by atoms with van der Waals surface area (Å²) in [5, 5.41) is 5.39. The first-order chi connectivity index (χ1) is 10.8. The van der Waals surface area contributed by atoms with Crippen molar-refractivity contribution in [1.29, 1.82) is 0 Å². The lowest BCUT2D eigenvalue weighted by molar-refractivity contribution is -0.133. The van der Waals surface area contributed by atoms with Crippen LogP contribution in [0.3, 0.4) is 0 Å². The summed E-state index contributed by atoms with van der Waals surface area (Å²) in [4.78, 5) is 30.6. The number of hydrogen-bond acceptors (Lipinski definition) is 4. The third kappa shape index (κ3) is 7.12. The minimum atomic E-state index is -0.141. The van der Waals surface area contributed by atoms with Gasteiger partial charge in [0.2, 0.25) is 5.91 Å². The number of rotatable bonds is 8. The molecule has 0 saturated carbocycles. The van der Waals surface area contributed by atoms with E-state index in [2.05, 4.69) is 38.0 Å². The van der Waals surface area contributed by atoms with Crippen molar-refractivity contribution in [2.24, 2.45) is 5.41 Å². The van der Waals surface area contributed by atoms with Crippen LogP contribution in [0.15, 0.2) is 5.38 Å². The van der Waals surface area contributed by atoms with E-state index < -0.39 is 0 Å². The summed E-state index contributed by atoms with van der Waals surface area (Å²) in [6, 6.07) is 0. The Balaban J connectivity index is 2.72. The molecule has 5 nitrogen and oxygen atoms in total. The fourth-order valence-corrected chi connectivity index (χ4v) is 2.90. The topological polar surface area (TPSA) is 62.3 Å². The van der Waals surface area contributed by atoms with Gasteiger partial charge in [-0.1, -0.05) is 34.6 Å². The first-order valence-corrected chi connectivity index (χ1v) is 9.15. The minimum absolute atomic E-state index is 0.0306. The van der Waals surface area contributed by atoms with Gasteiger partial charge in [0.15, 0.2) is 0 Å². The predicted octanol–water partition coefficient (Wildman–Crippen LogP) is 3.46. The lowest BCUT2D eigenvalue weighted by Crippen LogP contribution is -2.33. The molecular weight excluding hydrogens is 310 g/mol. The van der Waals surface area contributed by atoms with E-state index in [0.29, 0.717) is 31.7 Å². The van der Waals surface area contributed by atoms with Crippen molar-refractivity contribution >= 4 is 23.2 Å². The Morgan fingerprint density at radius 1 is 1.26 bits per heavy atom. The van der Waals surface area contributed by atoms with E-state index >= 15 is 0 Å². The summed E-state index contributed by atoms with van der Waals surface area (Å²) in [5.41, 5.74) is 0.412. The van der Waals surface area contributed by atoms with E-state index in [1.807, 2.05) is 11.8 Å². The Morgan fingerprint density at radius 3 is 2.52 bits per heavy atom. The van der Waals surface area contributed by atoms with Crippen LogP contribution in [0, 0.1) is 5.41 Å². The van der Waals surface area contributed by atoms with Gasteiger partial charge in [0, 0.05) is 24.9 Å². The van der Waals surface area contributed by atoms with Crippen molar-refractivity contribution in [3.8, 4) is 0 Å². The van der Waals surface area contributed by atoms with E-state index in [-0.39, 0.29) is 17.2 Å².